The van der Waals surface area contributed by atoms with Crippen LogP contribution < -0.4 is 9.62 Å². The number of nitrogens with one attached hydrogen (secondary N) is 1. The van der Waals surface area contributed by atoms with Crippen molar-refractivity contribution < 1.29 is 13.2 Å². The number of nitrogens with zero attached hydrogens (tertiary/aromatic N) is 3. The van der Waals surface area contributed by atoms with E-state index in [1.165, 1.54) is 19.1 Å². The van der Waals surface area contributed by atoms with E-state index in [9.17, 15) is 13.2 Å². The fourth-order valence-electron chi connectivity index (χ4n) is 3.20. The molecule has 1 N–H and O–H groups in total. The summed E-state index contributed by atoms with van der Waals surface area (Å²) in [4.78, 5) is 17.0. The molecule has 0 radical (unpaired) electrons. The van der Waals surface area contributed by atoms with E-state index in [0.717, 1.165) is 27.6 Å². The second-order valence-electron chi connectivity index (χ2n) is 7.06. The van der Waals surface area contributed by atoms with Crippen LogP contribution in [-0.4, -0.2) is 36.2 Å². The van der Waals surface area contributed by atoms with E-state index in [1.54, 1.807) is 12.3 Å². The molecule has 31 heavy (non-hydrogen) atoms. The predicted molar refractivity (Wildman–Crippen MR) is 123 cm³/mol. The number of imidazole rings is 1. The highest BCUT2D eigenvalue weighted by Gasteiger charge is 2.30. The molecule has 3 aromatic rings. The maximum Gasteiger partial charge on any atom is 0.243 e. The van der Waals surface area contributed by atoms with Gasteiger partial charge in [-0.3, -0.25) is 9.10 Å². The number of carbonyl (C=O) groups is 1. The summed E-state index contributed by atoms with van der Waals surface area (Å²) in [6.45, 7) is 3.65. The Morgan fingerprint density at radius 1 is 1.19 bits per heavy atom. The van der Waals surface area contributed by atoms with Crippen molar-refractivity contribution in [3.63, 3.8) is 0 Å². The lowest BCUT2D eigenvalue weighted by molar-refractivity contribution is -0.122. The van der Waals surface area contributed by atoms with Crippen molar-refractivity contribution >= 4 is 44.8 Å². The van der Waals surface area contributed by atoms with Gasteiger partial charge in [-0.2, -0.15) is 0 Å². The summed E-state index contributed by atoms with van der Waals surface area (Å²) in [6, 6.07) is 11.1. The predicted octanol–water partition coefficient (Wildman–Crippen LogP) is 3.96. The number of carbonyl (C=O) groups excluding carboxylic acids is 1. The summed E-state index contributed by atoms with van der Waals surface area (Å²) in [7, 11) is -3.80. The Morgan fingerprint density at radius 3 is 2.45 bits per heavy atom. The molecule has 0 saturated carbocycles. The first-order valence-electron chi connectivity index (χ1n) is 9.39. The normalized spacial score (nSPS) is 12.4. The fourth-order valence-corrected chi connectivity index (χ4v) is 4.80. The van der Waals surface area contributed by atoms with E-state index in [1.807, 2.05) is 42.0 Å². The minimum absolute atomic E-state index is 0.152. The van der Waals surface area contributed by atoms with Gasteiger partial charge < -0.3 is 9.88 Å². The van der Waals surface area contributed by atoms with Crippen LogP contribution in [0.25, 0.3) is 5.69 Å². The standard InChI is InChI=1S/C21H22Cl2N4O3S/c1-14(27(31(3,29)30)20-12-17(22)6-9-19(20)23)21(28)25-13-16-4-7-18(8-5-16)26-11-10-24-15(26)2/h4-12,14H,13H2,1-3H3,(H,25,28). The third kappa shape index (κ3) is 5.39. The molecule has 0 bridgehead atoms. The number of hydrogen-bond acceptors (Lipinski definition) is 4. The number of hydrogen-bond donors (Lipinski definition) is 1. The Kier molecular flexibility index (Phi) is 6.93. The number of amides is 1. The summed E-state index contributed by atoms with van der Waals surface area (Å²) < 4.78 is 27.8. The van der Waals surface area contributed by atoms with Crippen LogP contribution >= 0.6 is 23.2 Å². The molecule has 164 valence electrons. The van der Waals surface area contributed by atoms with E-state index in [-0.39, 0.29) is 17.3 Å². The van der Waals surface area contributed by atoms with Crippen LogP contribution in [0.4, 0.5) is 5.69 Å². The summed E-state index contributed by atoms with van der Waals surface area (Å²) in [5.41, 5.74) is 1.98. The van der Waals surface area contributed by atoms with E-state index in [2.05, 4.69) is 10.3 Å². The van der Waals surface area contributed by atoms with Crippen LogP contribution in [-0.2, 0) is 21.4 Å². The molecule has 0 fully saturated rings. The van der Waals surface area contributed by atoms with Crippen molar-refractivity contribution in [2.24, 2.45) is 0 Å². The molecule has 1 heterocycles. The summed E-state index contributed by atoms with van der Waals surface area (Å²) in [5, 5.41) is 3.27. The zero-order valence-electron chi connectivity index (χ0n) is 17.2. The Hall–Kier alpha value is -2.55. The number of aryl methyl sites for hydroxylation is 1. The van der Waals surface area contributed by atoms with Gasteiger partial charge in [-0.1, -0.05) is 35.3 Å². The van der Waals surface area contributed by atoms with Crippen LogP contribution in [0.15, 0.2) is 54.9 Å². The van der Waals surface area contributed by atoms with Gasteiger partial charge in [0.1, 0.15) is 11.9 Å². The van der Waals surface area contributed by atoms with Gasteiger partial charge in [0, 0.05) is 29.6 Å². The molecular formula is C21H22Cl2N4O3S. The number of sulfonamides is 1. The highest BCUT2D eigenvalue weighted by molar-refractivity contribution is 7.92. The van der Waals surface area contributed by atoms with Gasteiger partial charge in [0.05, 0.1) is 17.0 Å². The summed E-state index contributed by atoms with van der Waals surface area (Å²) in [5.74, 6) is 0.409. The summed E-state index contributed by atoms with van der Waals surface area (Å²) in [6.07, 6.45) is 4.62. The topological polar surface area (TPSA) is 84.3 Å². The van der Waals surface area contributed by atoms with E-state index in [4.69, 9.17) is 23.2 Å². The number of aromatic nitrogens is 2. The monoisotopic (exact) mass is 480 g/mol. The molecule has 1 aromatic heterocycles. The number of anilines is 1. The zero-order valence-corrected chi connectivity index (χ0v) is 19.5. The van der Waals surface area contributed by atoms with E-state index in [0.29, 0.717) is 5.02 Å². The Morgan fingerprint density at radius 2 is 1.87 bits per heavy atom. The van der Waals surface area contributed by atoms with Crippen LogP contribution in [0.2, 0.25) is 10.0 Å². The average Bonchev–Trinajstić information content (AvgIpc) is 3.14. The second kappa shape index (κ2) is 9.30. The molecule has 0 aliphatic heterocycles. The molecule has 1 unspecified atom stereocenters. The largest absolute Gasteiger partial charge is 0.350 e. The van der Waals surface area contributed by atoms with Crippen molar-refractivity contribution in [2.75, 3.05) is 10.6 Å². The van der Waals surface area contributed by atoms with Crippen LogP contribution in [0, 0.1) is 6.92 Å². The number of rotatable bonds is 7. The Bertz CT molecular complexity index is 1190. The molecule has 1 amide bonds. The molecule has 3 rings (SSSR count). The molecule has 7 nitrogen and oxygen atoms in total. The lowest BCUT2D eigenvalue weighted by Crippen LogP contribution is -2.47. The lowest BCUT2D eigenvalue weighted by atomic mass is 10.2. The molecule has 2 aromatic carbocycles. The lowest BCUT2D eigenvalue weighted by Gasteiger charge is -2.29. The van der Waals surface area contributed by atoms with Gasteiger partial charge >= 0.3 is 0 Å². The van der Waals surface area contributed by atoms with E-state index >= 15 is 0 Å². The van der Waals surface area contributed by atoms with Crippen LogP contribution in [0.3, 0.4) is 0 Å². The molecule has 0 aliphatic rings. The SMILES string of the molecule is Cc1nccn1-c1ccc(CNC(=O)C(C)N(c2cc(Cl)ccc2Cl)S(C)(=O)=O)cc1. The van der Waals surface area contributed by atoms with Crippen molar-refractivity contribution in [2.45, 2.75) is 26.4 Å². The van der Waals surface area contributed by atoms with Crippen molar-refractivity contribution in [3.8, 4) is 5.69 Å². The quantitative estimate of drug-likeness (QED) is 0.554. The maximum absolute atomic E-state index is 12.8. The number of halogens is 2. The first kappa shape index (κ1) is 23.1. The minimum Gasteiger partial charge on any atom is -0.350 e. The van der Waals surface area contributed by atoms with Crippen molar-refractivity contribution in [1.29, 1.82) is 0 Å². The Balaban J connectivity index is 1.74. The van der Waals surface area contributed by atoms with Gasteiger partial charge in [-0.25, -0.2) is 13.4 Å². The molecular weight excluding hydrogens is 459 g/mol. The van der Waals surface area contributed by atoms with Crippen LogP contribution in [0.1, 0.15) is 18.3 Å². The molecule has 0 spiro atoms. The molecule has 10 heteroatoms. The third-order valence-electron chi connectivity index (χ3n) is 4.74. The van der Waals surface area contributed by atoms with Gasteiger partial charge in [0.2, 0.25) is 15.9 Å². The highest BCUT2D eigenvalue weighted by Crippen LogP contribution is 2.32. The summed E-state index contributed by atoms with van der Waals surface area (Å²) >= 11 is 12.2. The van der Waals surface area contributed by atoms with Crippen molar-refractivity contribution in [1.82, 2.24) is 14.9 Å². The smallest absolute Gasteiger partial charge is 0.243 e. The third-order valence-corrected chi connectivity index (χ3v) is 6.52. The zero-order chi connectivity index (χ0) is 22.8. The van der Waals surface area contributed by atoms with E-state index < -0.39 is 22.0 Å². The van der Waals surface area contributed by atoms with Crippen LogP contribution in [0.5, 0.6) is 0 Å². The molecule has 0 saturated heterocycles. The Labute approximate surface area is 191 Å². The first-order chi connectivity index (χ1) is 14.6. The average molecular weight is 481 g/mol. The molecule has 0 aliphatic carbocycles. The number of benzene rings is 2. The van der Waals surface area contributed by atoms with Gasteiger partial charge in [-0.15, -0.1) is 0 Å². The maximum atomic E-state index is 12.8. The second-order valence-corrected chi connectivity index (χ2v) is 9.76. The highest BCUT2D eigenvalue weighted by atomic mass is 35.5. The first-order valence-corrected chi connectivity index (χ1v) is 12.0. The van der Waals surface area contributed by atoms with Gasteiger partial charge in [-0.05, 0) is 49.7 Å². The van der Waals surface area contributed by atoms with Gasteiger partial charge in [0.15, 0.2) is 0 Å². The molecule has 1 atom stereocenters. The fraction of sp³-hybridized carbons (Fsp3) is 0.238. The minimum atomic E-state index is -3.80. The van der Waals surface area contributed by atoms with Gasteiger partial charge in [0.25, 0.3) is 0 Å². The van der Waals surface area contributed by atoms with Crippen molar-refractivity contribution in [3.05, 3.63) is 76.3 Å².